The molecule has 34 heavy (non-hydrogen) atoms. The van der Waals surface area contributed by atoms with E-state index in [9.17, 15) is 9.59 Å². The smallest absolute Gasteiger partial charge is 0.271 e. The average molecular weight is 455 g/mol. The molecular weight excluding hydrogens is 428 g/mol. The second-order valence-corrected chi connectivity index (χ2v) is 8.56. The SMILES string of the molecule is Cc1nn(-c2ccccc2)c(C)c1/C=N\NC(=O)c1ccc2c(=O)n3c(nc2c1)CCCCC3. The van der Waals surface area contributed by atoms with E-state index in [2.05, 4.69) is 15.6 Å². The Bertz CT molecular complexity index is 1470. The molecule has 5 rings (SSSR count). The van der Waals surface area contributed by atoms with E-state index in [0.29, 0.717) is 23.0 Å². The van der Waals surface area contributed by atoms with Gasteiger partial charge in [-0.15, -0.1) is 0 Å². The van der Waals surface area contributed by atoms with Crippen molar-refractivity contribution < 1.29 is 4.79 Å². The summed E-state index contributed by atoms with van der Waals surface area (Å²) in [7, 11) is 0. The molecule has 0 aliphatic carbocycles. The maximum Gasteiger partial charge on any atom is 0.271 e. The number of para-hydroxylation sites is 1. The first-order chi connectivity index (χ1) is 16.5. The lowest BCUT2D eigenvalue weighted by molar-refractivity contribution is 0.0955. The minimum absolute atomic E-state index is 0.0340. The van der Waals surface area contributed by atoms with E-state index in [0.717, 1.165) is 54.1 Å². The fourth-order valence-corrected chi connectivity index (χ4v) is 4.44. The van der Waals surface area contributed by atoms with Crippen LogP contribution in [0.4, 0.5) is 0 Å². The Labute approximate surface area is 197 Å². The van der Waals surface area contributed by atoms with E-state index >= 15 is 0 Å². The highest BCUT2D eigenvalue weighted by atomic mass is 16.2. The van der Waals surface area contributed by atoms with E-state index in [1.54, 1.807) is 29.0 Å². The molecule has 0 atom stereocenters. The van der Waals surface area contributed by atoms with Crippen LogP contribution >= 0.6 is 0 Å². The van der Waals surface area contributed by atoms with Crippen molar-refractivity contribution >= 4 is 23.0 Å². The summed E-state index contributed by atoms with van der Waals surface area (Å²) in [5.41, 5.74) is 7.06. The van der Waals surface area contributed by atoms with Crippen molar-refractivity contribution in [3.05, 3.63) is 87.2 Å². The predicted octanol–water partition coefficient (Wildman–Crippen LogP) is 3.69. The van der Waals surface area contributed by atoms with Gasteiger partial charge in [-0.25, -0.2) is 15.1 Å². The van der Waals surface area contributed by atoms with Crippen molar-refractivity contribution in [2.45, 2.75) is 46.1 Å². The van der Waals surface area contributed by atoms with Gasteiger partial charge in [-0.05, 0) is 57.0 Å². The van der Waals surface area contributed by atoms with Crippen molar-refractivity contribution in [3.8, 4) is 5.69 Å². The number of amides is 1. The Morgan fingerprint density at radius 2 is 1.91 bits per heavy atom. The maximum absolute atomic E-state index is 12.9. The molecule has 0 saturated heterocycles. The minimum Gasteiger partial charge on any atom is -0.296 e. The zero-order valence-corrected chi connectivity index (χ0v) is 19.3. The number of rotatable bonds is 4. The first-order valence-electron chi connectivity index (χ1n) is 11.5. The Morgan fingerprint density at radius 3 is 2.74 bits per heavy atom. The third kappa shape index (κ3) is 4.03. The van der Waals surface area contributed by atoms with E-state index in [1.807, 2.05) is 48.9 Å². The molecule has 1 aliphatic rings. The molecule has 8 nitrogen and oxygen atoms in total. The standard InChI is InChI=1S/C26H26N6O2/c1-17-22(18(2)32(30-17)20-9-5-3-6-10-20)16-27-29-25(33)19-12-13-21-23(15-19)28-24-11-7-4-8-14-31(24)26(21)34/h3,5-6,9-10,12-13,15-16H,4,7-8,11,14H2,1-2H3,(H,29,33)/b27-16-. The number of carbonyl (C=O) groups excluding carboxylic acids is 1. The minimum atomic E-state index is -0.360. The predicted molar refractivity (Wildman–Crippen MR) is 132 cm³/mol. The molecule has 4 aromatic rings. The zero-order valence-electron chi connectivity index (χ0n) is 19.3. The Balaban J connectivity index is 1.37. The Morgan fingerprint density at radius 1 is 1.09 bits per heavy atom. The lowest BCUT2D eigenvalue weighted by atomic mass is 10.1. The number of nitrogens with one attached hydrogen (secondary N) is 1. The van der Waals surface area contributed by atoms with Gasteiger partial charge < -0.3 is 0 Å². The molecule has 8 heteroatoms. The fourth-order valence-electron chi connectivity index (χ4n) is 4.44. The summed E-state index contributed by atoms with van der Waals surface area (Å²) in [6, 6.07) is 14.8. The summed E-state index contributed by atoms with van der Waals surface area (Å²) >= 11 is 0. The van der Waals surface area contributed by atoms with Gasteiger partial charge in [0, 0.05) is 24.1 Å². The Kier molecular flexibility index (Phi) is 5.79. The summed E-state index contributed by atoms with van der Waals surface area (Å²) in [6.07, 6.45) is 5.49. The maximum atomic E-state index is 12.9. The Hall–Kier alpha value is -4.07. The van der Waals surface area contributed by atoms with Crippen LogP contribution in [-0.4, -0.2) is 31.5 Å². The molecule has 2 aromatic heterocycles. The lowest BCUT2D eigenvalue weighted by Gasteiger charge is -2.10. The molecule has 1 aliphatic heterocycles. The highest BCUT2D eigenvalue weighted by Gasteiger charge is 2.16. The van der Waals surface area contributed by atoms with Crippen molar-refractivity contribution in [1.29, 1.82) is 0 Å². The second-order valence-electron chi connectivity index (χ2n) is 8.56. The molecule has 3 heterocycles. The number of benzene rings is 2. The van der Waals surface area contributed by atoms with Crippen LogP contribution in [0, 0.1) is 13.8 Å². The largest absolute Gasteiger partial charge is 0.296 e. The normalized spacial score (nSPS) is 13.7. The van der Waals surface area contributed by atoms with Crippen LogP contribution in [-0.2, 0) is 13.0 Å². The van der Waals surface area contributed by atoms with Crippen molar-refractivity contribution in [1.82, 2.24) is 24.8 Å². The molecule has 0 spiro atoms. The van der Waals surface area contributed by atoms with Crippen LogP contribution in [0.1, 0.15) is 52.4 Å². The van der Waals surface area contributed by atoms with Gasteiger partial charge in [0.2, 0.25) is 0 Å². The quantitative estimate of drug-likeness (QED) is 0.376. The van der Waals surface area contributed by atoms with Gasteiger partial charge in [0.1, 0.15) is 5.82 Å². The second kappa shape index (κ2) is 9.05. The van der Waals surface area contributed by atoms with Gasteiger partial charge >= 0.3 is 0 Å². The van der Waals surface area contributed by atoms with Gasteiger partial charge in [0.15, 0.2) is 0 Å². The number of hydrogen-bond acceptors (Lipinski definition) is 5. The van der Waals surface area contributed by atoms with Crippen molar-refractivity contribution in [2.75, 3.05) is 0 Å². The number of aromatic nitrogens is 4. The fraction of sp³-hybridized carbons (Fsp3) is 0.269. The van der Waals surface area contributed by atoms with Crippen LogP contribution in [0.15, 0.2) is 58.4 Å². The molecular formula is C26H26N6O2. The van der Waals surface area contributed by atoms with Crippen LogP contribution in [0.25, 0.3) is 16.6 Å². The van der Waals surface area contributed by atoms with Crippen molar-refractivity contribution in [3.63, 3.8) is 0 Å². The molecule has 1 N–H and O–H groups in total. The zero-order chi connectivity index (χ0) is 23.7. The highest BCUT2D eigenvalue weighted by molar-refractivity contribution is 5.98. The average Bonchev–Trinajstić information content (AvgIpc) is 3.00. The molecule has 172 valence electrons. The monoisotopic (exact) mass is 454 g/mol. The van der Waals surface area contributed by atoms with Crippen molar-refractivity contribution in [2.24, 2.45) is 5.10 Å². The van der Waals surface area contributed by atoms with Gasteiger partial charge in [0.25, 0.3) is 11.5 Å². The van der Waals surface area contributed by atoms with Gasteiger partial charge in [-0.1, -0.05) is 24.6 Å². The number of aryl methyl sites for hydroxylation is 2. The van der Waals surface area contributed by atoms with Crippen LogP contribution in [0.2, 0.25) is 0 Å². The third-order valence-electron chi connectivity index (χ3n) is 6.29. The van der Waals surface area contributed by atoms with E-state index in [1.165, 1.54) is 0 Å². The van der Waals surface area contributed by atoms with E-state index in [-0.39, 0.29) is 11.5 Å². The van der Waals surface area contributed by atoms with Crippen LogP contribution in [0.3, 0.4) is 0 Å². The van der Waals surface area contributed by atoms with E-state index < -0.39 is 0 Å². The number of carbonyl (C=O) groups is 1. The first-order valence-corrected chi connectivity index (χ1v) is 11.5. The summed E-state index contributed by atoms with van der Waals surface area (Å²) < 4.78 is 3.63. The summed E-state index contributed by atoms with van der Waals surface area (Å²) in [6.45, 7) is 4.58. The summed E-state index contributed by atoms with van der Waals surface area (Å²) in [4.78, 5) is 30.3. The number of nitrogens with zero attached hydrogens (tertiary/aromatic N) is 5. The number of hydrazone groups is 1. The number of fused-ring (bicyclic) bond motifs is 2. The molecule has 0 radical (unpaired) electrons. The first kappa shape index (κ1) is 21.8. The van der Waals surface area contributed by atoms with Gasteiger partial charge in [-0.2, -0.15) is 10.2 Å². The van der Waals surface area contributed by atoms with Crippen LogP contribution in [0.5, 0.6) is 0 Å². The summed E-state index contributed by atoms with van der Waals surface area (Å²) in [5, 5.41) is 9.29. The molecule has 0 bridgehead atoms. The van der Waals surface area contributed by atoms with Gasteiger partial charge in [-0.3, -0.25) is 14.2 Å². The third-order valence-corrected chi connectivity index (χ3v) is 6.29. The molecule has 0 saturated carbocycles. The molecule has 1 amide bonds. The van der Waals surface area contributed by atoms with Crippen LogP contribution < -0.4 is 11.0 Å². The summed E-state index contributed by atoms with van der Waals surface area (Å²) in [5.74, 6) is 0.438. The highest BCUT2D eigenvalue weighted by Crippen LogP contribution is 2.17. The topological polar surface area (TPSA) is 94.2 Å². The number of hydrogen-bond donors (Lipinski definition) is 1. The molecule has 0 unspecified atom stereocenters. The van der Waals surface area contributed by atoms with Gasteiger partial charge in [0.05, 0.1) is 34.2 Å². The molecule has 0 fully saturated rings. The van der Waals surface area contributed by atoms with E-state index in [4.69, 9.17) is 4.98 Å². The molecule has 2 aromatic carbocycles. The lowest BCUT2D eigenvalue weighted by Crippen LogP contribution is -2.25.